The minimum absolute atomic E-state index is 0.0452. The van der Waals surface area contributed by atoms with Gasteiger partial charge in [0, 0.05) is 12.3 Å². The zero-order valence-corrected chi connectivity index (χ0v) is 40.4. The normalized spacial score (nSPS) is 11.9. The molecule has 11 aromatic rings. The van der Waals surface area contributed by atoms with Gasteiger partial charge in [0.05, 0.1) is 11.3 Å². The topological polar surface area (TPSA) is 128 Å². The molecule has 0 unspecified atom stereocenters. The first-order chi connectivity index (χ1) is 36.4. The summed E-state index contributed by atoms with van der Waals surface area (Å²) >= 11 is 0. The van der Waals surface area contributed by atoms with E-state index in [1.165, 1.54) is 0 Å². The zero-order chi connectivity index (χ0) is 50.3. The van der Waals surface area contributed by atoms with Crippen LogP contribution in [-0.4, -0.2) is 31.8 Å². The van der Waals surface area contributed by atoms with Crippen molar-refractivity contribution in [2.45, 2.75) is 23.4 Å². The van der Waals surface area contributed by atoms with Gasteiger partial charge in [-0.3, -0.25) is 9.59 Å². The fourth-order valence-electron chi connectivity index (χ4n) is 10.5. The summed E-state index contributed by atoms with van der Waals surface area (Å²) in [5.41, 5.74) is 14.6. The molecule has 0 fully saturated rings. The standard InChI is InChI=1S/C65H51N7O2/c66-62(74)57-43-48(46-25-9-1-10-26-46)41-42-58(57)67-60(73)45-55(47-27-11-2-12-28-47)56-44-59(69-64(49-29-13-3-14-30-49,50-31-15-4-16-32-50)51-33-17-5-18-34-51)68-63-61(56)70-71-72(63)65(52-35-19-6-20-36-52,53-37-21-7-22-38-53)54-39-23-8-24-40-54/h1-44,55H,45H2,(H2,66,74)(H,67,73)(H,68,69)/t55-/m1/s1. The van der Waals surface area contributed by atoms with Gasteiger partial charge in [-0.1, -0.05) is 254 Å². The van der Waals surface area contributed by atoms with Crippen molar-refractivity contribution in [1.29, 1.82) is 0 Å². The van der Waals surface area contributed by atoms with Crippen molar-refractivity contribution >= 4 is 34.5 Å². The van der Waals surface area contributed by atoms with E-state index in [0.717, 1.165) is 50.1 Å². The number of primary amides is 1. The Morgan fingerprint density at radius 2 is 0.932 bits per heavy atom. The molecular weight excluding hydrogens is 911 g/mol. The molecule has 1 atom stereocenters. The summed E-state index contributed by atoms with van der Waals surface area (Å²) in [7, 11) is 0. The van der Waals surface area contributed by atoms with Gasteiger partial charge in [-0.15, -0.1) is 5.10 Å². The molecule has 0 saturated carbocycles. The average Bonchev–Trinajstić information content (AvgIpc) is 3.91. The fraction of sp³-hybridized carbons (Fsp3) is 0.0615. The molecule has 0 aliphatic carbocycles. The summed E-state index contributed by atoms with van der Waals surface area (Å²) in [6, 6.07) is 89.2. The third-order valence-corrected chi connectivity index (χ3v) is 13.9. The third kappa shape index (κ3) is 8.77. The van der Waals surface area contributed by atoms with Gasteiger partial charge in [0.15, 0.2) is 5.65 Å². The quantitative estimate of drug-likeness (QED) is 0.0828. The number of nitrogens with two attached hydrogens (primary N) is 1. The first-order valence-electron chi connectivity index (χ1n) is 24.7. The van der Waals surface area contributed by atoms with Crippen LogP contribution in [0.15, 0.2) is 267 Å². The second-order valence-corrected chi connectivity index (χ2v) is 18.3. The lowest BCUT2D eigenvalue weighted by Gasteiger charge is -2.38. The molecule has 0 aliphatic heterocycles. The lowest BCUT2D eigenvalue weighted by molar-refractivity contribution is -0.116. The van der Waals surface area contributed by atoms with Crippen LogP contribution in [0.1, 0.15) is 67.2 Å². The van der Waals surface area contributed by atoms with Gasteiger partial charge in [0.2, 0.25) is 5.91 Å². The highest BCUT2D eigenvalue weighted by atomic mass is 16.2. The Morgan fingerprint density at radius 3 is 1.39 bits per heavy atom. The summed E-state index contributed by atoms with van der Waals surface area (Å²) in [4.78, 5) is 33.6. The number of nitrogens with one attached hydrogen (secondary N) is 2. The number of hydrogen-bond donors (Lipinski definition) is 3. The van der Waals surface area contributed by atoms with Crippen molar-refractivity contribution in [3.8, 4) is 11.1 Å². The number of benzene rings is 9. The number of carbonyl (C=O) groups excluding carboxylic acids is 2. The number of rotatable bonds is 16. The first kappa shape index (κ1) is 46.6. The van der Waals surface area contributed by atoms with E-state index in [9.17, 15) is 9.59 Å². The van der Waals surface area contributed by atoms with Gasteiger partial charge in [0.25, 0.3) is 5.91 Å². The van der Waals surface area contributed by atoms with Crippen molar-refractivity contribution in [3.05, 3.63) is 317 Å². The van der Waals surface area contributed by atoms with E-state index < -0.39 is 22.9 Å². The van der Waals surface area contributed by atoms with E-state index in [0.29, 0.717) is 28.2 Å². The second kappa shape index (κ2) is 20.5. The van der Waals surface area contributed by atoms with Crippen LogP contribution in [0, 0.1) is 0 Å². The summed E-state index contributed by atoms with van der Waals surface area (Å²) in [6.07, 6.45) is -0.0452. The third-order valence-electron chi connectivity index (χ3n) is 13.9. The number of hydrogen-bond acceptors (Lipinski definition) is 6. The van der Waals surface area contributed by atoms with Gasteiger partial charge in [-0.2, -0.15) is 0 Å². The largest absolute Gasteiger partial charge is 0.366 e. The van der Waals surface area contributed by atoms with Crippen molar-refractivity contribution in [3.63, 3.8) is 0 Å². The molecule has 9 nitrogen and oxygen atoms in total. The van der Waals surface area contributed by atoms with E-state index in [-0.39, 0.29) is 17.9 Å². The molecule has 2 heterocycles. The Morgan fingerprint density at radius 1 is 0.500 bits per heavy atom. The minimum Gasteiger partial charge on any atom is -0.366 e. The number of aromatic nitrogens is 4. The molecular formula is C65H51N7O2. The maximum atomic E-state index is 14.9. The maximum absolute atomic E-state index is 14.9. The summed E-state index contributed by atoms with van der Waals surface area (Å²) < 4.78 is 1.95. The van der Waals surface area contributed by atoms with E-state index in [2.05, 4.69) is 120 Å². The number of amides is 2. The van der Waals surface area contributed by atoms with E-state index in [1.807, 2.05) is 150 Å². The van der Waals surface area contributed by atoms with Crippen LogP contribution in [-0.2, 0) is 15.9 Å². The highest BCUT2D eigenvalue weighted by Crippen LogP contribution is 2.45. The van der Waals surface area contributed by atoms with Crippen LogP contribution in [0.5, 0.6) is 0 Å². The number of pyridine rings is 1. The zero-order valence-electron chi connectivity index (χ0n) is 40.4. The highest BCUT2D eigenvalue weighted by molar-refractivity contribution is 6.04. The van der Waals surface area contributed by atoms with Crippen LogP contribution in [0.3, 0.4) is 0 Å². The lowest BCUT2D eigenvalue weighted by Crippen LogP contribution is -2.39. The molecule has 9 heteroatoms. The van der Waals surface area contributed by atoms with Gasteiger partial charge in [-0.25, -0.2) is 9.67 Å². The first-order valence-corrected chi connectivity index (χ1v) is 24.7. The predicted octanol–water partition coefficient (Wildman–Crippen LogP) is 13.0. The van der Waals surface area contributed by atoms with E-state index >= 15 is 0 Å². The molecule has 2 amide bonds. The predicted molar refractivity (Wildman–Crippen MR) is 295 cm³/mol. The van der Waals surface area contributed by atoms with Crippen molar-refractivity contribution in [2.24, 2.45) is 5.73 Å². The molecule has 2 aromatic heterocycles. The summed E-state index contributed by atoms with van der Waals surface area (Å²) in [5, 5.41) is 17.5. The van der Waals surface area contributed by atoms with Crippen LogP contribution in [0.25, 0.3) is 22.3 Å². The fourth-order valence-corrected chi connectivity index (χ4v) is 10.5. The maximum Gasteiger partial charge on any atom is 0.250 e. The monoisotopic (exact) mass is 961 g/mol. The van der Waals surface area contributed by atoms with Gasteiger partial charge < -0.3 is 16.4 Å². The smallest absolute Gasteiger partial charge is 0.250 e. The molecule has 0 bridgehead atoms. The van der Waals surface area contributed by atoms with Crippen LogP contribution in [0.4, 0.5) is 11.5 Å². The molecule has 74 heavy (non-hydrogen) atoms. The van der Waals surface area contributed by atoms with Crippen molar-refractivity contribution < 1.29 is 9.59 Å². The van der Waals surface area contributed by atoms with Crippen molar-refractivity contribution in [1.82, 2.24) is 20.0 Å². The molecule has 0 saturated heterocycles. The Balaban J connectivity index is 1.17. The summed E-state index contributed by atoms with van der Waals surface area (Å²) in [6.45, 7) is 0. The number of carbonyl (C=O) groups is 2. The van der Waals surface area contributed by atoms with E-state index in [1.54, 1.807) is 12.1 Å². The molecule has 4 N–H and O–H groups in total. The average molecular weight is 962 g/mol. The molecule has 11 rings (SSSR count). The number of nitrogens with zero attached hydrogens (tertiary/aromatic N) is 4. The van der Waals surface area contributed by atoms with Crippen LogP contribution in [0.2, 0.25) is 0 Å². The molecule has 9 aromatic carbocycles. The Kier molecular flexibility index (Phi) is 13.0. The summed E-state index contributed by atoms with van der Waals surface area (Å²) in [5.74, 6) is -1.07. The minimum atomic E-state index is -1.09. The Bertz CT molecular complexity index is 3480. The number of fused-ring (bicyclic) bond motifs is 1. The second-order valence-electron chi connectivity index (χ2n) is 18.3. The Hall–Kier alpha value is -9.73. The van der Waals surface area contributed by atoms with Gasteiger partial charge in [0.1, 0.15) is 22.4 Å². The van der Waals surface area contributed by atoms with Crippen LogP contribution >= 0.6 is 0 Å². The number of anilines is 2. The lowest BCUT2D eigenvalue weighted by atomic mass is 9.76. The van der Waals surface area contributed by atoms with Crippen molar-refractivity contribution in [2.75, 3.05) is 10.6 Å². The SMILES string of the molecule is NC(=O)c1cc(-c2ccccc2)ccc1NC(=O)C[C@H](c1ccccc1)c1cc(NC(c2ccccc2)(c2ccccc2)c2ccccc2)nc2c1nnn2C(c1ccccc1)(c1ccccc1)c1ccccc1. The molecule has 0 aliphatic rings. The Labute approximate surface area is 430 Å². The highest BCUT2D eigenvalue weighted by Gasteiger charge is 2.43. The van der Waals surface area contributed by atoms with Gasteiger partial charge in [-0.05, 0) is 73.8 Å². The molecule has 0 radical (unpaired) electrons. The van der Waals surface area contributed by atoms with Gasteiger partial charge >= 0.3 is 0 Å². The van der Waals surface area contributed by atoms with E-state index in [4.69, 9.17) is 21.0 Å². The molecule has 0 spiro atoms. The van der Waals surface area contributed by atoms with Crippen LogP contribution < -0.4 is 16.4 Å². The molecule has 358 valence electrons.